The number of fused-ring (bicyclic) bond motifs is 6. The normalized spacial score (nSPS) is 11.6. The molecule has 3 aromatic heterocycles. The number of hydrogen-bond acceptors (Lipinski definition) is 1. The largest absolute Gasteiger partial charge is 0.309 e. The Labute approximate surface area is 254 Å². The fraction of sp³-hybridized carbons (Fsp3) is 0. The lowest BCUT2D eigenvalue weighted by Crippen LogP contribution is -1.97. The van der Waals surface area contributed by atoms with Gasteiger partial charge in [-0.25, -0.2) is 0 Å². The molecule has 0 atom stereocenters. The van der Waals surface area contributed by atoms with Gasteiger partial charge in [0.1, 0.15) is 0 Å². The molecule has 0 N–H and O–H groups in total. The van der Waals surface area contributed by atoms with Gasteiger partial charge < -0.3 is 9.13 Å². The van der Waals surface area contributed by atoms with E-state index < -0.39 is 0 Å². The quantitative estimate of drug-likeness (QED) is 0.210. The van der Waals surface area contributed by atoms with E-state index in [1.165, 1.54) is 43.7 Å². The van der Waals surface area contributed by atoms with Crippen LogP contribution in [0.5, 0.6) is 0 Å². The first kappa shape index (κ1) is 24.6. The van der Waals surface area contributed by atoms with Gasteiger partial charge >= 0.3 is 0 Å². The van der Waals surface area contributed by atoms with Crippen LogP contribution >= 0.6 is 0 Å². The molecule has 0 aliphatic rings. The number of benzene rings is 6. The molecule has 0 aliphatic heterocycles. The summed E-state index contributed by atoms with van der Waals surface area (Å²) in [5, 5.41) is 4.85. The molecule has 44 heavy (non-hydrogen) atoms. The second-order valence-corrected chi connectivity index (χ2v) is 11.2. The average Bonchev–Trinajstić information content (AvgIpc) is 3.62. The molecule has 206 valence electrons. The Kier molecular flexibility index (Phi) is 5.50. The number of hydrogen-bond donors (Lipinski definition) is 0. The summed E-state index contributed by atoms with van der Waals surface area (Å²) in [4.78, 5) is 5.11. The van der Waals surface area contributed by atoms with Crippen LogP contribution in [-0.4, -0.2) is 14.1 Å². The smallest absolute Gasteiger partial charge is 0.0955 e. The molecule has 0 aliphatic carbocycles. The van der Waals surface area contributed by atoms with Crippen molar-refractivity contribution in [3.05, 3.63) is 164 Å². The Balaban J connectivity index is 1.34. The highest BCUT2D eigenvalue weighted by Gasteiger charge is 2.21. The fourth-order valence-electron chi connectivity index (χ4n) is 6.89. The van der Waals surface area contributed by atoms with Crippen LogP contribution < -0.4 is 0 Å². The highest BCUT2D eigenvalue weighted by Crippen LogP contribution is 2.42. The predicted octanol–water partition coefficient (Wildman–Crippen LogP) is 10.6. The Morgan fingerprint density at radius 3 is 1.75 bits per heavy atom. The van der Waals surface area contributed by atoms with E-state index in [-0.39, 0.29) is 0 Å². The van der Waals surface area contributed by atoms with E-state index in [1.54, 1.807) is 0 Å². The van der Waals surface area contributed by atoms with E-state index in [2.05, 4.69) is 167 Å². The lowest BCUT2D eigenvalue weighted by molar-refractivity contribution is 1.17. The summed E-state index contributed by atoms with van der Waals surface area (Å²) in [6.45, 7) is 0. The molecule has 0 radical (unpaired) electrons. The SMILES string of the molecule is c1ccc(-c2ccc(-n3c4ccccc4c4c(-c5nccc6c7ccccc7n(-c7ccccc7)c56)cccc43)cc2)cc1. The van der Waals surface area contributed by atoms with Gasteiger partial charge in [-0.05, 0) is 59.7 Å². The van der Waals surface area contributed by atoms with Crippen LogP contribution in [0.1, 0.15) is 0 Å². The summed E-state index contributed by atoms with van der Waals surface area (Å²) in [6.07, 6.45) is 1.96. The highest BCUT2D eigenvalue weighted by atomic mass is 15.0. The summed E-state index contributed by atoms with van der Waals surface area (Å²) in [5.74, 6) is 0. The van der Waals surface area contributed by atoms with Gasteiger partial charge in [0.15, 0.2) is 0 Å². The van der Waals surface area contributed by atoms with Crippen molar-refractivity contribution in [2.24, 2.45) is 0 Å². The van der Waals surface area contributed by atoms with E-state index in [1.807, 2.05) is 6.20 Å². The molecule has 0 fully saturated rings. The van der Waals surface area contributed by atoms with Crippen molar-refractivity contribution in [1.29, 1.82) is 0 Å². The third-order valence-corrected chi connectivity index (χ3v) is 8.78. The second kappa shape index (κ2) is 9.82. The molecule has 0 unspecified atom stereocenters. The van der Waals surface area contributed by atoms with Crippen molar-refractivity contribution in [3.63, 3.8) is 0 Å². The van der Waals surface area contributed by atoms with Crippen molar-refractivity contribution in [2.75, 3.05) is 0 Å². The Morgan fingerprint density at radius 1 is 0.386 bits per heavy atom. The summed E-state index contributed by atoms with van der Waals surface area (Å²) in [5.41, 5.74) is 11.4. The molecule has 0 amide bonds. The first-order valence-corrected chi connectivity index (χ1v) is 15.0. The molecule has 0 spiro atoms. The Bertz CT molecular complexity index is 2470. The fourth-order valence-corrected chi connectivity index (χ4v) is 6.89. The molecule has 6 aromatic carbocycles. The molecule has 3 nitrogen and oxygen atoms in total. The van der Waals surface area contributed by atoms with Gasteiger partial charge in [-0.15, -0.1) is 0 Å². The number of nitrogens with zero attached hydrogens (tertiary/aromatic N) is 3. The van der Waals surface area contributed by atoms with Crippen LogP contribution in [0, 0.1) is 0 Å². The van der Waals surface area contributed by atoms with Crippen molar-refractivity contribution in [3.8, 4) is 33.8 Å². The maximum atomic E-state index is 5.11. The monoisotopic (exact) mass is 561 g/mol. The number of rotatable bonds is 4. The first-order chi connectivity index (χ1) is 21.9. The zero-order valence-corrected chi connectivity index (χ0v) is 23.9. The van der Waals surface area contributed by atoms with E-state index >= 15 is 0 Å². The number of aromatic nitrogens is 3. The lowest BCUT2D eigenvalue weighted by atomic mass is 10.0. The first-order valence-electron chi connectivity index (χ1n) is 15.0. The molecule has 3 heterocycles. The number of para-hydroxylation sites is 3. The Hall–Kier alpha value is -5.93. The third-order valence-electron chi connectivity index (χ3n) is 8.78. The van der Waals surface area contributed by atoms with Gasteiger partial charge in [0.05, 0.1) is 27.8 Å². The molecule has 0 bridgehead atoms. The zero-order valence-electron chi connectivity index (χ0n) is 23.9. The standard InChI is InChI=1S/C41H27N3/c1-3-12-28(13-4-1)29-22-24-31(25-23-29)43-37-20-10-8-17-34(37)39-35(18-11-21-38(39)43)40-41-33(26-27-42-40)32-16-7-9-19-36(32)44(41)30-14-5-2-6-15-30/h1-27H. The van der Waals surface area contributed by atoms with Crippen molar-refractivity contribution in [2.45, 2.75) is 0 Å². The van der Waals surface area contributed by atoms with Crippen LogP contribution in [-0.2, 0) is 0 Å². The van der Waals surface area contributed by atoms with E-state index in [0.29, 0.717) is 0 Å². The minimum atomic E-state index is 0.982. The second-order valence-electron chi connectivity index (χ2n) is 11.2. The molecule has 9 rings (SSSR count). The van der Waals surface area contributed by atoms with Gasteiger partial charge in [-0.1, -0.05) is 109 Å². The van der Waals surface area contributed by atoms with Gasteiger partial charge in [0.2, 0.25) is 0 Å². The van der Waals surface area contributed by atoms with Crippen LogP contribution in [0.2, 0.25) is 0 Å². The Morgan fingerprint density at radius 2 is 0.977 bits per heavy atom. The van der Waals surface area contributed by atoms with Crippen molar-refractivity contribution >= 4 is 43.6 Å². The van der Waals surface area contributed by atoms with Gasteiger partial charge in [0, 0.05) is 44.7 Å². The molecular formula is C41H27N3. The summed E-state index contributed by atoms with van der Waals surface area (Å²) in [6, 6.07) is 56.2. The molecule has 0 saturated heterocycles. The van der Waals surface area contributed by atoms with Crippen LogP contribution in [0.15, 0.2) is 164 Å². The maximum absolute atomic E-state index is 5.11. The number of pyridine rings is 1. The lowest BCUT2D eigenvalue weighted by Gasteiger charge is -2.12. The molecule has 3 heteroatoms. The third kappa shape index (κ3) is 3.66. The van der Waals surface area contributed by atoms with Crippen LogP contribution in [0.4, 0.5) is 0 Å². The molecular weight excluding hydrogens is 534 g/mol. The highest BCUT2D eigenvalue weighted by molar-refractivity contribution is 6.19. The van der Waals surface area contributed by atoms with Crippen molar-refractivity contribution < 1.29 is 0 Å². The minimum Gasteiger partial charge on any atom is -0.309 e. The maximum Gasteiger partial charge on any atom is 0.0955 e. The van der Waals surface area contributed by atoms with E-state index in [9.17, 15) is 0 Å². The van der Waals surface area contributed by atoms with Crippen molar-refractivity contribution in [1.82, 2.24) is 14.1 Å². The van der Waals surface area contributed by atoms with Crippen LogP contribution in [0.3, 0.4) is 0 Å². The molecule has 9 aromatic rings. The predicted molar refractivity (Wildman–Crippen MR) is 184 cm³/mol. The van der Waals surface area contributed by atoms with E-state index in [0.717, 1.165) is 33.7 Å². The molecule has 0 saturated carbocycles. The van der Waals surface area contributed by atoms with E-state index in [4.69, 9.17) is 4.98 Å². The minimum absolute atomic E-state index is 0.982. The van der Waals surface area contributed by atoms with Gasteiger partial charge in [0.25, 0.3) is 0 Å². The summed E-state index contributed by atoms with van der Waals surface area (Å²) >= 11 is 0. The summed E-state index contributed by atoms with van der Waals surface area (Å²) < 4.78 is 4.75. The topological polar surface area (TPSA) is 22.8 Å². The average molecular weight is 562 g/mol. The summed E-state index contributed by atoms with van der Waals surface area (Å²) in [7, 11) is 0. The van der Waals surface area contributed by atoms with Crippen LogP contribution in [0.25, 0.3) is 77.4 Å². The zero-order chi connectivity index (χ0) is 29.0. The van der Waals surface area contributed by atoms with Gasteiger partial charge in [-0.2, -0.15) is 0 Å². The van der Waals surface area contributed by atoms with Gasteiger partial charge in [-0.3, -0.25) is 4.98 Å².